The standard InChI is InChI=1S/C11H24N2O2S/c1-9(2)16(14,15)7-6-13(3)11(8-12)10-4-5-10/h9-11H,4-8,12H2,1-3H3. The molecule has 16 heavy (non-hydrogen) atoms. The third-order valence-corrected chi connectivity index (χ3v) is 5.61. The molecule has 0 bridgehead atoms. The van der Waals surface area contributed by atoms with Crippen LogP contribution in [0.3, 0.4) is 0 Å². The maximum absolute atomic E-state index is 11.7. The molecule has 0 aromatic rings. The molecule has 0 radical (unpaired) electrons. The Labute approximate surface area is 99.1 Å². The van der Waals surface area contributed by atoms with Crippen molar-refractivity contribution in [3.63, 3.8) is 0 Å². The van der Waals surface area contributed by atoms with Gasteiger partial charge in [-0.25, -0.2) is 8.42 Å². The van der Waals surface area contributed by atoms with Gasteiger partial charge in [-0.3, -0.25) is 0 Å². The number of nitrogens with zero attached hydrogens (tertiary/aromatic N) is 1. The highest BCUT2D eigenvalue weighted by molar-refractivity contribution is 7.92. The summed E-state index contributed by atoms with van der Waals surface area (Å²) < 4.78 is 23.3. The Morgan fingerprint density at radius 1 is 1.38 bits per heavy atom. The highest BCUT2D eigenvalue weighted by atomic mass is 32.2. The highest BCUT2D eigenvalue weighted by Gasteiger charge is 2.33. The minimum Gasteiger partial charge on any atom is -0.329 e. The van der Waals surface area contributed by atoms with Crippen LogP contribution in [0.1, 0.15) is 26.7 Å². The normalized spacial score (nSPS) is 19.4. The van der Waals surface area contributed by atoms with E-state index < -0.39 is 9.84 Å². The Balaban J connectivity index is 2.42. The van der Waals surface area contributed by atoms with Crippen LogP contribution in [-0.4, -0.2) is 50.5 Å². The molecule has 1 rings (SSSR count). The van der Waals surface area contributed by atoms with Crippen LogP contribution in [0.25, 0.3) is 0 Å². The summed E-state index contributed by atoms with van der Waals surface area (Å²) in [7, 11) is -0.945. The Hall–Kier alpha value is -0.130. The molecule has 0 aromatic carbocycles. The molecule has 1 unspecified atom stereocenters. The predicted molar refractivity (Wildman–Crippen MR) is 67.1 cm³/mol. The topological polar surface area (TPSA) is 63.4 Å². The Kier molecular flexibility index (Phi) is 4.76. The average Bonchev–Trinajstić information content (AvgIpc) is 3.00. The predicted octanol–water partition coefficient (Wildman–Crippen LogP) is 0.479. The summed E-state index contributed by atoms with van der Waals surface area (Å²) in [6, 6.07) is 0.363. The van der Waals surface area contributed by atoms with E-state index in [0.29, 0.717) is 25.0 Å². The minimum atomic E-state index is -2.92. The fourth-order valence-corrected chi connectivity index (χ4v) is 2.90. The molecule has 1 aliphatic carbocycles. The van der Waals surface area contributed by atoms with Crippen LogP contribution in [0.5, 0.6) is 0 Å². The number of rotatable bonds is 7. The molecule has 4 nitrogen and oxygen atoms in total. The molecule has 5 heteroatoms. The zero-order valence-corrected chi connectivity index (χ0v) is 11.3. The van der Waals surface area contributed by atoms with Crippen molar-refractivity contribution in [2.45, 2.75) is 38.0 Å². The molecule has 1 atom stereocenters. The quantitative estimate of drug-likeness (QED) is 0.712. The van der Waals surface area contributed by atoms with Crippen LogP contribution in [-0.2, 0) is 9.84 Å². The second-order valence-electron chi connectivity index (χ2n) is 5.04. The van der Waals surface area contributed by atoms with Gasteiger partial charge in [-0.2, -0.15) is 0 Å². The summed E-state index contributed by atoms with van der Waals surface area (Å²) in [5, 5.41) is -0.279. The van der Waals surface area contributed by atoms with Gasteiger partial charge < -0.3 is 10.6 Å². The van der Waals surface area contributed by atoms with Crippen LogP contribution in [0, 0.1) is 5.92 Å². The van der Waals surface area contributed by atoms with Gasteiger partial charge in [-0.1, -0.05) is 0 Å². The van der Waals surface area contributed by atoms with Crippen LogP contribution >= 0.6 is 0 Å². The van der Waals surface area contributed by atoms with Crippen molar-refractivity contribution in [3.05, 3.63) is 0 Å². The molecule has 96 valence electrons. The number of hydrogen-bond acceptors (Lipinski definition) is 4. The number of sulfone groups is 1. The van der Waals surface area contributed by atoms with E-state index in [1.165, 1.54) is 12.8 Å². The van der Waals surface area contributed by atoms with Crippen LogP contribution in [0.4, 0.5) is 0 Å². The average molecular weight is 248 g/mol. The smallest absolute Gasteiger partial charge is 0.153 e. The van der Waals surface area contributed by atoms with Crippen molar-refractivity contribution in [1.29, 1.82) is 0 Å². The molecule has 1 saturated carbocycles. The molecule has 0 amide bonds. The SMILES string of the molecule is CC(C)S(=O)(=O)CCN(C)C(CN)C1CC1. The summed E-state index contributed by atoms with van der Waals surface area (Å²) in [6.45, 7) is 4.69. The summed E-state index contributed by atoms with van der Waals surface area (Å²) >= 11 is 0. The molecule has 2 N–H and O–H groups in total. The zero-order chi connectivity index (χ0) is 12.3. The van der Waals surface area contributed by atoms with Gasteiger partial charge in [0.15, 0.2) is 9.84 Å². The minimum absolute atomic E-state index is 0.240. The van der Waals surface area contributed by atoms with Crippen molar-refractivity contribution >= 4 is 9.84 Å². The van der Waals surface area contributed by atoms with Crippen molar-refractivity contribution in [2.24, 2.45) is 11.7 Å². The lowest BCUT2D eigenvalue weighted by Gasteiger charge is -2.27. The van der Waals surface area contributed by atoms with E-state index in [-0.39, 0.29) is 11.0 Å². The third-order valence-electron chi connectivity index (χ3n) is 3.42. The highest BCUT2D eigenvalue weighted by Crippen LogP contribution is 2.34. The fraction of sp³-hybridized carbons (Fsp3) is 1.00. The molecule has 0 spiro atoms. The summed E-state index contributed by atoms with van der Waals surface area (Å²) in [6.07, 6.45) is 2.48. The van der Waals surface area contributed by atoms with Gasteiger partial charge in [0, 0.05) is 19.1 Å². The summed E-state index contributed by atoms with van der Waals surface area (Å²) in [5.41, 5.74) is 5.72. The fourth-order valence-electron chi connectivity index (χ4n) is 1.89. The second kappa shape index (κ2) is 5.47. The van der Waals surface area contributed by atoms with Gasteiger partial charge in [0.1, 0.15) is 0 Å². The molecular formula is C11H24N2O2S. The summed E-state index contributed by atoms with van der Waals surface area (Å²) in [4.78, 5) is 2.11. The molecule has 0 saturated heterocycles. The van der Waals surface area contributed by atoms with Crippen LogP contribution < -0.4 is 5.73 Å². The molecule has 0 heterocycles. The van der Waals surface area contributed by atoms with E-state index in [1.54, 1.807) is 13.8 Å². The van der Waals surface area contributed by atoms with Crippen molar-refractivity contribution in [2.75, 3.05) is 25.9 Å². The van der Waals surface area contributed by atoms with E-state index in [4.69, 9.17) is 5.73 Å². The van der Waals surface area contributed by atoms with E-state index in [1.807, 2.05) is 7.05 Å². The Bertz CT molecular complexity index is 310. The van der Waals surface area contributed by atoms with Gasteiger partial charge in [-0.15, -0.1) is 0 Å². The number of hydrogen-bond donors (Lipinski definition) is 1. The first-order chi connectivity index (χ1) is 7.38. The van der Waals surface area contributed by atoms with E-state index in [0.717, 1.165) is 0 Å². The van der Waals surface area contributed by atoms with Gasteiger partial charge in [0.25, 0.3) is 0 Å². The van der Waals surface area contributed by atoms with Crippen LogP contribution in [0.15, 0.2) is 0 Å². The first kappa shape index (κ1) is 13.9. The Morgan fingerprint density at radius 3 is 2.31 bits per heavy atom. The maximum Gasteiger partial charge on any atom is 0.153 e. The lowest BCUT2D eigenvalue weighted by atomic mass is 10.1. The van der Waals surface area contributed by atoms with E-state index >= 15 is 0 Å². The number of nitrogens with two attached hydrogens (primary N) is 1. The lowest BCUT2D eigenvalue weighted by molar-refractivity contribution is 0.235. The largest absolute Gasteiger partial charge is 0.329 e. The van der Waals surface area contributed by atoms with Gasteiger partial charge in [0.2, 0.25) is 0 Å². The molecule has 0 aliphatic heterocycles. The summed E-state index contributed by atoms with van der Waals surface area (Å²) in [5.74, 6) is 0.932. The van der Waals surface area contributed by atoms with Crippen LogP contribution in [0.2, 0.25) is 0 Å². The van der Waals surface area contributed by atoms with Gasteiger partial charge >= 0.3 is 0 Å². The Morgan fingerprint density at radius 2 is 1.94 bits per heavy atom. The van der Waals surface area contributed by atoms with Crippen molar-refractivity contribution in [3.8, 4) is 0 Å². The molecule has 1 fully saturated rings. The van der Waals surface area contributed by atoms with Crippen molar-refractivity contribution < 1.29 is 8.42 Å². The van der Waals surface area contributed by atoms with Gasteiger partial charge in [-0.05, 0) is 39.7 Å². The van der Waals surface area contributed by atoms with Gasteiger partial charge in [0.05, 0.1) is 11.0 Å². The second-order valence-corrected chi connectivity index (χ2v) is 7.71. The zero-order valence-electron chi connectivity index (χ0n) is 10.5. The molecular weight excluding hydrogens is 224 g/mol. The first-order valence-corrected chi connectivity index (χ1v) is 7.72. The third kappa shape index (κ3) is 3.71. The lowest BCUT2D eigenvalue weighted by Crippen LogP contribution is -2.42. The first-order valence-electron chi connectivity index (χ1n) is 6.00. The molecule has 0 aromatic heterocycles. The van der Waals surface area contributed by atoms with E-state index in [2.05, 4.69) is 4.90 Å². The maximum atomic E-state index is 11.7. The number of likely N-dealkylation sites (N-methyl/N-ethyl adjacent to an activating group) is 1. The monoisotopic (exact) mass is 248 g/mol. The molecule has 1 aliphatic rings. The van der Waals surface area contributed by atoms with Crippen molar-refractivity contribution in [1.82, 2.24) is 4.90 Å². The van der Waals surface area contributed by atoms with E-state index in [9.17, 15) is 8.42 Å².